The molecule has 0 saturated carbocycles. The molecule has 2 heterocycles. The molecule has 7 nitrogen and oxygen atoms in total. The Morgan fingerprint density at radius 3 is 2.76 bits per heavy atom. The molecule has 2 aromatic rings. The summed E-state index contributed by atoms with van der Waals surface area (Å²) in [6.07, 6.45) is 4.68. The molecule has 0 aromatic carbocycles. The van der Waals surface area contributed by atoms with Gasteiger partial charge in [0.25, 0.3) is 5.56 Å². The molecule has 0 atom stereocenters. The van der Waals surface area contributed by atoms with Gasteiger partial charge in [0, 0.05) is 24.2 Å². The maximum atomic E-state index is 11.7. The number of rotatable bonds is 8. The van der Waals surface area contributed by atoms with Crippen LogP contribution in [0.3, 0.4) is 0 Å². The number of aryl methyl sites for hydroxylation is 1. The van der Waals surface area contributed by atoms with Crippen LogP contribution in [0.5, 0.6) is 0 Å². The average molecular weight is 348 g/mol. The molecule has 0 spiro atoms. The van der Waals surface area contributed by atoms with Crippen molar-refractivity contribution < 1.29 is 9.53 Å². The summed E-state index contributed by atoms with van der Waals surface area (Å²) in [5.74, 6) is -0.133. The van der Waals surface area contributed by atoms with Gasteiger partial charge < -0.3 is 20.0 Å². The topological polar surface area (TPSA) is 99.9 Å². The van der Waals surface area contributed by atoms with Gasteiger partial charge >= 0.3 is 5.97 Å². The van der Waals surface area contributed by atoms with Crippen LogP contribution in [0.2, 0.25) is 0 Å². The number of ether oxygens (including phenoxy) is 1. The molecule has 7 heteroatoms. The van der Waals surface area contributed by atoms with Crippen LogP contribution in [-0.2, 0) is 16.1 Å². The molecular weight excluding hydrogens is 320 g/mol. The lowest BCUT2D eigenvalue weighted by molar-refractivity contribution is -0.154. The number of esters is 1. The van der Waals surface area contributed by atoms with E-state index in [-0.39, 0.29) is 11.5 Å². The van der Waals surface area contributed by atoms with Crippen molar-refractivity contribution in [3.8, 4) is 0 Å². The highest BCUT2D eigenvalue weighted by atomic mass is 16.6. The van der Waals surface area contributed by atoms with Crippen molar-refractivity contribution >= 4 is 17.0 Å². The molecule has 0 amide bonds. The van der Waals surface area contributed by atoms with Crippen LogP contribution in [0.4, 0.5) is 0 Å². The molecule has 0 fully saturated rings. The van der Waals surface area contributed by atoms with Gasteiger partial charge in [-0.1, -0.05) is 6.42 Å². The van der Waals surface area contributed by atoms with E-state index in [1.807, 2.05) is 27.7 Å². The van der Waals surface area contributed by atoms with Crippen molar-refractivity contribution in [1.29, 1.82) is 0 Å². The molecule has 138 valence electrons. The largest absolute Gasteiger partial charge is 0.460 e. The number of unbranched alkanes of at least 4 members (excludes halogenated alkanes) is 2. The van der Waals surface area contributed by atoms with Crippen molar-refractivity contribution in [2.24, 2.45) is 0 Å². The third kappa shape index (κ3) is 5.70. The van der Waals surface area contributed by atoms with Crippen LogP contribution in [0.1, 0.15) is 57.7 Å². The molecule has 0 aliphatic carbocycles. The number of fused-ring (bicyclic) bond motifs is 1. The second-order valence-corrected chi connectivity index (χ2v) is 7.26. The zero-order chi connectivity index (χ0) is 18.4. The predicted molar refractivity (Wildman–Crippen MR) is 97.5 cm³/mol. The lowest BCUT2D eigenvalue weighted by Crippen LogP contribution is -2.23. The summed E-state index contributed by atoms with van der Waals surface area (Å²) < 4.78 is 5.29. The van der Waals surface area contributed by atoms with Crippen LogP contribution >= 0.6 is 0 Å². The SMILES string of the molecule is Cc1[nH]c2c(=O)[nH]cnc2c1CNCCCCCC(=O)OC(C)(C)C. The smallest absolute Gasteiger partial charge is 0.306 e. The molecule has 2 aromatic heterocycles. The molecule has 25 heavy (non-hydrogen) atoms. The fourth-order valence-corrected chi connectivity index (χ4v) is 2.70. The summed E-state index contributed by atoms with van der Waals surface area (Å²) in [5, 5.41) is 3.38. The van der Waals surface area contributed by atoms with Gasteiger partial charge in [-0.05, 0) is 47.1 Å². The Hall–Kier alpha value is -2.15. The molecule has 0 aliphatic heterocycles. The molecule has 0 radical (unpaired) electrons. The van der Waals surface area contributed by atoms with Crippen LogP contribution in [0, 0.1) is 6.92 Å². The second kappa shape index (κ2) is 8.29. The second-order valence-electron chi connectivity index (χ2n) is 7.26. The number of nitrogens with zero attached hydrogens (tertiary/aromatic N) is 1. The van der Waals surface area contributed by atoms with Crippen molar-refractivity contribution in [2.75, 3.05) is 6.54 Å². The van der Waals surface area contributed by atoms with Crippen molar-refractivity contribution in [1.82, 2.24) is 20.3 Å². The number of carbonyl (C=O) groups is 1. The normalized spacial score (nSPS) is 11.8. The van der Waals surface area contributed by atoms with E-state index in [1.165, 1.54) is 6.33 Å². The van der Waals surface area contributed by atoms with Gasteiger partial charge in [0.05, 0.1) is 6.33 Å². The summed E-state index contributed by atoms with van der Waals surface area (Å²) in [6, 6.07) is 0. The van der Waals surface area contributed by atoms with E-state index in [0.717, 1.165) is 42.6 Å². The first kappa shape index (κ1) is 19.2. The van der Waals surface area contributed by atoms with E-state index >= 15 is 0 Å². The minimum atomic E-state index is -0.411. The highest BCUT2D eigenvalue weighted by Crippen LogP contribution is 2.16. The Labute approximate surface area is 147 Å². The monoisotopic (exact) mass is 348 g/mol. The molecule has 2 rings (SSSR count). The Bertz CT molecular complexity index is 771. The number of H-pyrrole nitrogens is 2. The molecule has 0 bridgehead atoms. The fraction of sp³-hybridized carbons (Fsp3) is 0.611. The Kier molecular flexibility index (Phi) is 6.36. The van der Waals surface area contributed by atoms with Gasteiger partial charge in [-0.25, -0.2) is 4.98 Å². The Balaban J connectivity index is 1.69. The molecule has 0 aliphatic rings. The molecule has 0 saturated heterocycles. The number of carbonyl (C=O) groups excluding carboxylic acids is 1. The Morgan fingerprint density at radius 2 is 2.04 bits per heavy atom. The van der Waals surface area contributed by atoms with Crippen LogP contribution in [0.15, 0.2) is 11.1 Å². The summed E-state index contributed by atoms with van der Waals surface area (Å²) in [6.45, 7) is 9.09. The lowest BCUT2D eigenvalue weighted by atomic mass is 10.1. The first-order valence-corrected chi connectivity index (χ1v) is 8.75. The minimum Gasteiger partial charge on any atom is -0.460 e. The first-order chi connectivity index (χ1) is 11.8. The van der Waals surface area contributed by atoms with Gasteiger partial charge in [0.15, 0.2) is 0 Å². The van der Waals surface area contributed by atoms with Crippen LogP contribution in [0.25, 0.3) is 11.0 Å². The Morgan fingerprint density at radius 1 is 1.28 bits per heavy atom. The van der Waals surface area contributed by atoms with E-state index in [9.17, 15) is 9.59 Å². The van der Waals surface area contributed by atoms with Crippen LogP contribution in [-0.4, -0.2) is 33.1 Å². The predicted octanol–water partition coefficient (Wildman–Crippen LogP) is 2.55. The first-order valence-electron chi connectivity index (χ1n) is 8.75. The van der Waals surface area contributed by atoms with Gasteiger partial charge in [-0.2, -0.15) is 0 Å². The number of hydrogen-bond donors (Lipinski definition) is 3. The summed E-state index contributed by atoms with van der Waals surface area (Å²) in [4.78, 5) is 33.3. The van der Waals surface area contributed by atoms with E-state index in [1.54, 1.807) is 0 Å². The third-order valence-corrected chi connectivity index (χ3v) is 3.86. The zero-order valence-corrected chi connectivity index (χ0v) is 15.5. The van der Waals surface area contributed by atoms with Gasteiger partial charge in [0.2, 0.25) is 0 Å². The van der Waals surface area contributed by atoms with Crippen LogP contribution < -0.4 is 10.9 Å². The lowest BCUT2D eigenvalue weighted by Gasteiger charge is -2.19. The maximum absolute atomic E-state index is 11.7. The summed E-state index contributed by atoms with van der Waals surface area (Å²) in [7, 11) is 0. The van der Waals surface area contributed by atoms with Crippen molar-refractivity contribution in [2.45, 2.75) is 65.5 Å². The van der Waals surface area contributed by atoms with Gasteiger partial charge in [-0.15, -0.1) is 0 Å². The standard InChI is InChI=1S/C18H28N4O3/c1-12-13(15-16(22-12)17(24)21-11-20-15)10-19-9-7-5-6-8-14(23)25-18(2,3)4/h11,19,22H,5-10H2,1-4H3,(H,20,21,24). The zero-order valence-electron chi connectivity index (χ0n) is 15.5. The average Bonchev–Trinajstić information content (AvgIpc) is 2.82. The van der Waals surface area contributed by atoms with E-state index in [2.05, 4.69) is 20.3 Å². The van der Waals surface area contributed by atoms with Crippen molar-refractivity contribution in [3.63, 3.8) is 0 Å². The highest BCUT2D eigenvalue weighted by molar-refractivity contribution is 5.79. The molecule has 3 N–H and O–H groups in total. The van der Waals surface area contributed by atoms with E-state index in [0.29, 0.717) is 18.5 Å². The summed E-state index contributed by atoms with van der Waals surface area (Å²) in [5.41, 5.74) is 2.66. The minimum absolute atomic E-state index is 0.133. The number of aromatic amines is 2. The van der Waals surface area contributed by atoms with E-state index < -0.39 is 5.60 Å². The molecule has 0 unspecified atom stereocenters. The number of nitrogens with one attached hydrogen (secondary N) is 3. The van der Waals surface area contributed by atoms with Crippen molar-refractivity contribution in [3.05, 3.63) is 27.9 Å². The number of aromatic nitrogens is 3. The van der Waals surface area contributed by atoms with Gasteiger partial charge in [-0.3, -0.25) is 9.59 Å². The fourth-order valence-electron chi connectivity index (χ4n) is 2.70. The molecular formula is C18H28N4O3. The third-order valence-electron chi connectivity index (χ3n) is 3.86. The quantitative estimate of drug-likeness (QED) is 0.503. The summed E-state index contributed by atoms with van der Waals surface area (Å²) >= 11 is 0. The highest BCUT2D eigenvalue weighted by Gasteiger charge is 2.15. The maximum Gasteiger partial charge on any atom is 0.306 e. The van der Waals surface area contributed by atoms with E-state index in [4.69, 9.17) is 4.74 Å². The van der Waals surface area contributed by atoms with Gasteiger partial charge in [0.1, 0.15) is 16.6 Å². The number of hydrogen-bond acceptors (Lipinski definition) is 5.